The van der Waals surface area contributed by atoms with Gasteiger partial charge in [0.25, 0.3) is 0 Å². The van der Waals surface area contributed by atoms with Gasteiger partial charge in [-0.3, -0.25) is 9.58 Å². The molecule has 5 heteroatoms. The second-order valence-electron chi connectivity index (χ2n) is 6.01. The maximum Gasteiger partial charge on any atom is 0.0862 e. The third-order valence-electron chi connectivity index (χ3n) is 4.17. The Bertz CT molecular complexity index is 576. The van der Waals surface area contributed by atoms with E-state index in [1.54, 1.807) is 10.9 Å². The zero-order chi connectivity index (χ0) is 15.4. The second kappa shape index (κ2) is 6.94. The van der Waals surface area contributed by atoms with Crippen molar-refractivity contribution in [2.75, 3.05) is 37.6 Å². The van der Waals surface area contributed by atoms with E-state index in [1.807, 2.05) is 12.3 Å². The molecule has 118 valence electrons. The number of aryl methyl sites for hydroxylation is 1. The van der Waals surface area contributed by atoms with E-state index in [2.05, 4.69) is 46.1 Å². The van der Waals surface area contributed by atoms with Gasteiger partial charge in [-0.15, -0.1) is 0 Å². The molecule has 0 saturated carbocycles. The minimum Gasteiger partial charge on any atom is -0.390 e. The average molecular weight is 300 g/mol. The molecule has 3 rings (SSSR count). The molecule has 2 aromatic rings. The van der Waals surface area contributed by atoms with Crippen molar-refractivity contribution in [2.45, 2.75) is 19.6 Å². The first-order chi connectivity index (χ1) is 10.7. The maximum absolute atomic E-state index is 10.2. The third kappa shape index (κ3) is 3.87. The number of benzene rings is 1. The van der Waals surface area contributed by atoms with Crippen LogP contribution in [0.2, 0.25) is 0 Å². The van der Waals surface area contributed by atoms with Gasteiger partial charge in [-0.1, -0.05) is 12.1 Å². The number of aromatic nitrogens is 2. The van der Waals surface area contributed by atoms with Crippen LogP contribution in [0.3, 0.4) is 0 Å². The maximum atomic E-state index is 10.2. The van der Waals surface area contributed by atoms with E-state index in [4.69, 9.17) is 0 Å². The van der Waals surface area contributed by atoms with E-state index in [0.29, 0.717) is 13.1 Å². The van der Waals surface area contributed by atoms with Crippen LogP contribution in [-0.2, 0) is 6.54 Å². The molecule has 1 fully saturated rings. The summed E-state index contributed by atoms with van der Waals surface area (Å²) in [5, 5.41) is 14.3. The smallest absolute Gasteiger partial charge is 0.0862 e. The van der Waals surface area contributed by atoms with Gasteiger partial charge in [-0.25, -0.2) is 0 Å². The summed E-state index contributed by atoms with van der Waals surface area (Å²) in [5.41, 5.74) is 2.60. The van der Waals surface area contributed by atoms with Crippen LogP contribution < -0.4 is 4.90 Å². The average Bonchev–Trinajstić information content (AvgIpc) is 3.01. The number of rotatable bonds is 5. The Morgan fingerprint density at radius 2 is 1.95 bits per heavy atom. The Labute approximate surface area is 131 Å². The van der Waals surface area contributed by atoms with Gasteiger partial charge in [-0.05, 0) is 30.7 Å². The Morgan fingerprint density at radius 1 is 1.14 bits per heavy atom. The fraction of sp³-hybridized carbons (Fsp3) is 0.471. The Morgan fingerprint density at radius 3 is 2.64 bits per heavy atom. The van der Waals surface area contributed by atoms with Crippen molar-refractivity contribution in [3.8, 4) is 0 Å². The molecule has 2 heterocycles. The van der Waals surface area contributed by atoms with Crippen LogP contribution in [0, 0.1) is 6.92 Å². The fourth-order valence-electron chi connectivity index (χ4n) is 2.99. The van der Waals surface area contributed by atoms with Gasteiger partial charge >= 0.3 is 0 Å². The van der Waals surface area contributed by atoms with E-state index in [1.165, 1.54) is 11.3 Å². The molecule has 1 N–H and O–H groups in total. The molecule has 1 aromatic heterocycles. The van der Waals surface area contributed by atoms with Gasteiger partial charge in [0.15, 0.2) is 0 Å². The lowest BCUT2D eigenvalue weighted by Crippen LogP contribution is -2.49. The molecular weight excluding hydrogens is 276 g/mol. The number of piperazine rings is 1. The van der Waals surface area contributed by atoms with Gasteiger partial charge in [0.05, 0.1) is 12.6 Å². The van der Waals surface area contributed by atoms with Crippen molar-refractivity contribution >= 4 is 5.69 Å². The lowest BCUT2D eigenvalue weighted by molar-refractivity contribution is 0.0921. The minimum absolute atomic E-state index is 0.370. The van der Waals surface area contributed by atoms with Crippen molar-refractivity contribution < 1.29 is 5.11 Å². The minimum atomic E-state index is -0.370. The predicted molar refractivity (Wildman–Crippen MR) is 88.1 cm³/mol. The van der Waals surface area contributed by atoms with Gasteiger partial charge in [-0.2, -0.15) is 5.10 Å². The zero-order valence-electron chi connectivity index (χ0n) is 13.1. The van der Waals surface area contributed by atoms with Crippen molar-refractivity contribution in [2.24, 2.45) is 0 Å². The van der Waals surface area contributed by atoms with Gasteiger partial charge in [0, 0.05) is 50.8 Å². The van der Waals surface area contributed by atoms with Crippen LogP contribution in [-0.4, -0.2) is 58.6 Å². The molecule has 1 saturated heterocycles. The van der Waals surface area contributed by atoms with E-state index >= 15 is 0 Å². The molecule has 1 aromatic carbocycles. The van der Waals surface area contributed by atoms with E-state index < -0.39 is 0 Å². The molecule has 1 aliphatic rings. The number of aliphatic hydroxyl groups is 1. The summed E-state index contributed by atoms with van der Waals surface area (Å²) in [5.74, 6) is 0. The number of nitrogens with zero attached hydrogens (tertiary/aromatic N) is 4. The summed E-state index contributed by atoms with van der Waals surface area (Å²) in [6.45, 7) is 7.40. The van der Waals surface area contributed by atoms with Crippen LogP contribution in [0.15, 0.2) is 42.7 Å². The number of hydrogen-bond acceptors (Lipinski definition) is 4. The summed E-state index contributed by atoms with van der Waals surface area (Å²) < 4.78 is 1.79. The molecule has 0 bridgehead atoms. The molecule has 1 atom stereocenters. The molecule has 0 aliphatic carbocycles. The van der Waals surface area contributed by atoms with Gasteiger partial charge in [0.2, 0.25) is 0 Å². The predicted octanol–water partition coefficient (Wildman–Crippen LogP) is 1.37. The molecule has 0 spiro atoms. The molecule has 1 aliphatic heterocycles. The normalized spacial score (nSPS) is 17.6. The highest BCUT2D eigenvalue weighted by Crippen LogP contribution is 2.17. The van der Waals surface area contributed by atoms with E-state index in [9.17, 15) is 5.11 Å². The van der Waals surface area contributed by atoms with Crippen LogP contribution in [0.5, 0.6) is 0 Å². The fourth-order valence-corrected chi connectivity index (χ4v) is 2.99. The number of β-amino-alcohol motifs (C(OH)–C–C–N with tert-alkyl or cyclic N) is 1. The highest BCUT2D eigenvalue weighted by molar-refractivity contribution is 5.48. The Hall–Kier alpha value is -1.85. The Balaban J connectivity index is 1.47. The SMILES string of the molecule is Cc1cccc(N2CCN(CC(O)Cn3cccn3)CC2)c1. The summed E-state index contributed by atoms with van der Waals surface area (Å²) in [4.78, 5) is 4.75. The summed E-state index contributed by atoms with van der Waals surface area (Å²) in [6.07, 6.45) is 3.26. The molecule has 22 heavy (non-hydrogen) atoms. The van der Waals surface area contributed by atoms with Crippen molar-refractivity contribution in [1.29, 1.82) is 0 Å². The van der Waals surface area contributed by atoms with Crippen molar-refractivity contribution in [3.63, 3.8) is 0 Å². The van der Waals surface area contributed by atoms with Crippen molar-refractivity contribution in [3.05, 3.63) is 48.3 Å². The van der Waals surface area contributed by atoms with Gasteiger partial charge < -0.3 is 10.0 Å². The lowest BCUT2D eigenvalue weighted by atomic mass is 10.2. The number of hydrogen-bond donors (Lipinski definition) is 1. The highest BCUT2D eigenvalue weighted by atomic mass is 16.3. The van der Waals surface area contributed by atoms with E-state index in [0.717, 1.165) is 26.2 Å². The molecular formula is C17H24N4O. The molecule has 0 radical (unpaired) electrons. The summed E-state index contributed by atoms with van der Waals surface area (Å²) in [6, 6.07) is 10.5. The largest absolute Gasteiger partial charge is 0.390 e. The number of aliphatic hydroxyl groups excluding tert-OH is 1. The van der Waals surface area contributed by atoms with E-state index in [-0.39, 0.29) is 6.10 Å². The number of anilines is 1. The lowest BCUT2D eigenvalue weighted by Gasteiger charge is -2.37. The summed E-state index contributed by atoms with van der Waals surface area (Å²) >= 11 is 0. The third-order valence-corrected chi connectivity index (χ3v) is 4.17. The quantitative estimate of drug-likeness (QED) is 0.906. The zero-order valence-corrected chi connectivity index (χ0v) is 13.1. The van der Waals surface area contributed by atoms with Crippen molar-refractivity contribution in [1.82, 2.24) is 14.7 Å². The highest BCUT2D eigenvalue weighted by Gasteiger charge is 2.19. The topological polar surface area (TPSA) is 44.5 Å². The molecule has 0 amide bonds. The summed E-state index contributed by atoms with van der Waals surface area (Å²) in [7, 11) is 0. The first kappa shape index (κ1) is 15.1. The first-order valence-electron chi connectivity index (χ1n) is 7.90. The standard InChI is InChI=1S/C17H24N4O/c1-15-4-2-5-16(12-15)20-10-8-19(9-11-20)13-17(22)14-21-7-3-6-18-21/h2-7,12,17,22H,8-11,13-14H2,1H3. The first-order valence-corrected chi connectivity index (χ1v) is 7.90. The van der Waals surface area contributed by atoms with Crippen LogP contribution >= 0.6 is 0 Å². The van der Waals surface area contributed by atoms with Gasteiger partial charge in [0.1, 0.15) is 0 Å². The molecule has 5 nitrogen and oxygen atoms in total. The Kier molecular flexibility index (Phi) is 4.75. The van der Waals surface area contributed by atoms with Crippen LogP contribution in [0.4, 0.5) is 5.69 Å². The monoisotopic (exact) mass is 300 g/mol. The molecule has 1 unspecified atom stereocenters. The van der Waals surface area contributed by atoms with Crippen LogP contribution in [0.1, 0.15) is 5.56 Å². The van der Waals surface area contributed by atoms with Crippen LogP contribution in [0.25, 0.3) is 0 Å². The second-order valence-corrected chi connectivity index (χ2v) is 6.01.